The number of hydrogen-bond donors (Lipinski definition) is 3. The summed E-state index contributed by atoms with van der Waals surface area (Å²) >= 11 is 5.85. The summed E-state index contributed by atoms with van der Waals surface area (Å²) in [7, 11) is 0. The summed E-state index contributed by atoms with van der Waals surface area (Å²) in [5, 5.41) is 18.8. The molecule has 8 nitrogen and oxygen atoms in total. The van der Waals surface area contributed by atoms with Crippen LogP contribution in [0.3, 0.4) is 0 Å². The molecule has 11 heteroatoms. The van der Waals surface area contributed by atoms with Gasteiger partial charge >= 0.3 is 5.97 Å². The second-order valence-electron chi connectivity index (χ2n) is 7.62. The Kier molecular flexibility index (Phi) is 5.39. The highest BCUT2D eigenvalue weighted by molar-refractivity contribution is 6.31. The molecule has 1 aliphatic heterocycles. The van der Waals surface area contributed by atoms with Gasteiger partial charge in [0, 0.05) is 36.8 Å². The molecule has 3 N–H and O–H groups in total. The lowest BCUT2D eigenvalue weighted by atomic mass is 10.0. The van der Waals surface area contributed by atoms with E-state index >= 15 is 0 Å². The van der Waals surface area contributed by atoms with Crippen molar-refractivity contribution in [3.63, 3.8) is 0 Å². The Balaban J connectivity index is 1.53. The zero-order valence-corrected chi connectivity index (χ0v) is 17.8. The fourth-order valence-corrected chi connectivity index (χ4v) is 4.03. The number of pyridine rings is 2. The third-order valence-electron chi connectivity index (χ3n) is 5.56. The van der Waals surface area contributed by atoms with Gasteiger partial charge < -0.3 is 15.3 Å². The van der Waals surface area contributed by atoms with Crippen molar-refractivity contribution in [1.29, 1.82) is 0 Å². The van der Waals surface area contributed by atoms with Crippen molar-refractivity contribution in [1.82, 2.24) is 25.5 Å². The highest BCUT2D eigenvalue weighted by Crippen LogP contribution is 2.34. The molecule has 4 heterocycles. The minimum atomic E-state index is -0.908. The lowest BCUT2D eigenvalue weighted by Gasteiger charge is -2.33. The largest absolute Gasteiger partial charge is 0.480 e. The molecule has 1 aliphatic rings. The number of anilines is 1. The number of hydrogen-bond acceptors (Lipinski definition) is 6. The number of nitrogens with zero attached hydrogens (tertiary/aromatic N) is 4. The van der Waals surface area contributed by atoms with Crippen molar-refractivity contribution in [3.8, 4) is 22.5 Å². The number of H-pyrrole nitrogens is 1. The van der Waals surface area contributed by atoms with Crippen LogP contribution in [0.5, 0.6) is 0 Å². The van der Waals surface area contributed by atoms with Gasteiger partial charge in [-0.2, -0.15) is 5.10 Å². The molecule has 33 heavy (non-hydrogen) atoms. The van der Waals surface area contributed by atoms with Gasteiger partial charge in [-0.25, -0.2) is 13.8 Å². The van der Waals surface area contributed by atoms with Crippen molar-refractivity contribution in [2.45, 2.75) is 6.04 Å². The van der Waals surface area contributed by atoms with Crippen LogP contribution in [0.2, 0.25) is 5.02 Å². The molecular weight excluding hydrogens is 454 g/mol. The fourth-order valence-electron chi connectivity index (χ4n) is 3.87. The molecule has 0 spiro atoms. The van der Waals surface area contributed by atoms with Crippen molar-refractivity contribution in [2.75, 3.05) is 24.5 Å². The minimum absolute atomic E-state index is 0.0724. The van der Waals surface area contributed by atoms with Crippen molar-refractivity contribution >= 4 is 34.3 Å². The zero-order valence-electron chi connectivity index (χ0n) is 17.0. The van der Waals surface area contributed by atoms with Crippen LogP contribution in [-0.2, 0) is 4.79 Å². The third-order valence-corrected chi connectivity index (χ3v) is 5.85. The van der Waals surface area contributed by atoms with E-state index < -0.39 is 23.6 Å². The summed E-state index contributed by atoms with van der Waals surface area (Å²) in [6, 6.07) is 6.62. The molecule has 0 amide bonds. The molecule has 0 aliphatic carbocycles. The predicted molar refractivity (Wildman–Crippen MR) is 119 cm³/mol. The summed E-state index contributed by atoms with van der Waals surface area (Å²) < 4.78 is 28.1. The normalized spacial score (nSPS) is 16.3. The van der Waals surface area contributed by atoms with Crippen molar-refractivity contribution in [3.05, 3.63) is 59.4 Å². The monoisotopic (exact) mass is 470 g/mol. The maximum absolute atomic E-state index is 14.5. The first-order valence-corrected chi connectivity index (χ1v) is 10.4. The van der Waals surface area contributed by atoms with Crippen molar-refractivity contribution < 1.29 is 18.7 Å². The molecule has 168 valence electrons. The van der Waals surface area contributed by atoms with Crippen molar-refractivity contribution in [2.24, 2.45) is 0 Å². The maximum atomic E-state index is 14.5. The lowest BCUT2D eigenvalue weighted by molar-refractivity contribution is -0.139. The summed E-state index contributed by atoms with van der Waals surface area (Å²) in [5.74, 6) is -2.53. The van der Waals surface area contributed by atoms with Gasteiger partial charge in [0.25, 0.3) is 0 Å². The Bertz CT molecular complexity index is 1380. The Morgan fingerprint density at radius 1 is 1.12 bits per heavy atom. The number of nitrogens with one attached hydrogen (secondary N) is 2. The van der Waals surface area contributed by atoms with E-state index in [1.165, 1.54) is 12.3 Å². The van der Waals surface area contributed by atoms with Gasteiger partial charge in [-0.15, -0.1) is 0 Å². The first-order chi connectivity index (χ1) is 15.9. The van der Waals surface area contributed by atoms with Crippen LogP contribution >= 0.6 is 11.6 Å². The molecular formula is C22H17ClF2N6O2. The number of carboxylic acid groups (broad SMARTS) is 1. The van der Waals surface area contributed by atoms with Gasteiger partial charge in [-0.1, -0.05) is 11.6 Å². The van der Waals surface area contributed by atoms with E-state index in [1.807, 2.05) is 11.0 Å². The SMILES string of the molecule is O=C(O)[C@@H]1CN(c2cnc3ccc(-c4cn[nH]c4-c4cc(Cl)c(F)cc4F)nc3c2)CCN1. The minimum Gasteiger partial charge on any atom is -0.480 e. The molecule has 1 saturated heterocycles. The number of aromatic nitrogens is 4. The van der Waals surface area contributed by atoms with Gasteiger partial charge in [-0.3, -0.25) is 14.9 Å². The molecule has 4 aromatic rings. The number of carbonyl (C=O) groups is 1. The van der Waals surface area contributed by atoms with E-state index in [1.54, 1.807) is 18.3 Å². The second-order valence-corrected chi connectivity index (χ2v) is 8.03. The Hall–Kier alpha value is -3.63. The average molecular weight is 471 g/mol. The number of fused-ring (bicyclic) bond motifs is 1. The average Bonchev–Trinajstić information content (AvgIpc) is 3.30. The number of aromatic amines is 1. The standard InChI is InChI=1S/C22H17ClF2N6O2/c23-14-6-12(15(24)7-16(14)25)21-13(9-28-30-21)17-1-2-18-19(29-17)5-11(8-27-18)31-4-3-26-20(10-31)22(32)33/h1-2,5-9,20,26H,3-4,10H2,(H,28,30)(H,32,33)/t20-/m0/s1. The predicted octanol–water partition coefficient (Wildman–Crippen LogP) is 3.48. The number of carboxylic acids is 1. The highest BCUT2D eigenvalue weighted by Gasteiger charge is 2.25. The molecule has 0 saturated carbocycles. The number of rotatable bonds is 4. The van der Waals surface area contributed by atoms with E-state index in [0.717, 1.165) is 11.8 Å². The maximum Gasteiger partial charge on any atom is 0.322 e. The zero-order chi connectivity index (χ0) is 23.1. The summed E-state index contributed by atoms with van der Waals surface area (Å²) in [5.41, 5.74) is 3.39. The Morgan fingerprint density at radius 3 is 2.79 bits per heavy atom. The lowest BCUT2D eigenvalue weighted by Crippen LogP contribution is -2.54. The topological polar surface area (TPSA) is 107 Å². The van der Waals surface area contributed by atoms with Gasteiger partial charge in [0.1, 0.15) is 17.7 Å². The molecule has 1 atom stereocenters. The van der Waals surface area contributed by atoms with E-state index in [9.17, 15) is 18.7 Å². The van der Waals surface area contributed by atoms with Gasteiger partial charge in [0.15, 0.2) is 0 Å². The van der Waals surface area contributed by atoms with Crippen LogP contribution in [0.1, 0.15) is 0 Å². The Labute approximate surface area is 191 Å². The molecule has 5 rings (SSSR count). The van der Waals surface area contributed by atoms with Gasteiger partial charge in [0.2, 0.25) is 0 Å². The molecule has 0 bridgehead atoms. The van der Waals surface area contributed by atoms with E-state index in [4.69, 9.17) is 11.6 Å². The van der Waals surface area contributed by atoms with E-state index in [-0.39, 0.29) is 10.6 Å². The number of piperazine rings is 1. The summed E-state index contributed by atoms with van der Waals surface area (Å²) in [4.78, 5) is 22.4. The van der Waals surface area contributed by atoms with Gasteiger partial charge in [-0.05, 0) is 24.3 Å². The van der Waals surface area contributed by atoms with Crippen LogP contribution in [-0.4, -0.2) is 56.9 Å². The molecule has 0 unspecified atom stereocenters. The van der Waals surface area contributed by atoms with Crippen LogP contribution in [0.15, 0.2) is 42.7 Å². The van der Waals surface area contributed by atoms with E-state index in [2.05, 4.69) is 25.5 Å². The number of halogens is 3. The fraction of sp³-hybridized carbons (Fsp3) is 0.182. The quantitative estimate of drug-likeness (QED) is 0.392. The van der Waals surface area contributed by atoms with Crippen LogP contribution in [0.25, 0.3) is 33.5 Å². The van der Waals surface area contributed by atoms with Crippen LogP contribution in [0.4, 0.5) is 14.5 Å². The third kappa shape index (κ3) is 3.98. The first-order valence-electron chi connectivity index (χ1n) is 10.1. The molecule has 3 aromatic heterocycles. The van der Waals surface area contributed by atoms with Crippen LogP contribution in [0, 0.1) is 11.6 Å². The molecule has 1 aromatic carbocycles. The summed E-state index contributed by atoms with van der Waals surface area (Å²) in [6.45, 7) is 1.47. The summed E-state index contributed by atoms with van der Waals surface area (Å²) in [6.07, 6.45) is 3.19. The highest BCUT2D eigenvalue weighted by atomic mass is 35.5. The van der Waals surface area contributed by atoms with E-state index in [0.29, 0.717) is 47.6 Å². The first kappa shape index (κ1) is 21.2. The molecule has 1 fully saturated rings. The number of aliphatic carboxylic acids is 1. The molecule has 0 radical (unpaired) electrons. The van der Waals surface area contributed by atoms with Gasteiger partial charge in [0.05, 0.1) is 45.5 Å². The second kappa shape index (κ2) is 8.38. The Morgan fingerprint density at radius 2 is 1.97 bits per heavy atom. The smallest absolute Gasteiger partial charge is 0.322 e. The number of benzene rings is 1. The van der Waals surface area contributed by atoms with Crippen LogP contribution < -0.4 is 10.2 Å².